The van der Waals surface area contributed by atoms with Crippen LogP contribution in [0.15, 0.2) is 18.2 Å². The minimum Gasteiger partial charge on any atom is -0.397 e. The molecular weight excluding hydrogens is 280 g/mol. The molecule has 0 atom stereocenters. The molecule has 0 spiro atoms. The predicted octanol–water partition coefficient (Wildman–Crippen LogP) is 4.06. The maximum absolute atomic E-state index is 12.3. The Hall–Kier alpha value is -1.26. The molecule has 0 unspecified atom stereocenters. The third-order valence-corrected chi connectivity index (χ3v) is 4.71. The lowest BCUT2D eigenvalue weighted by Crippen LogP contribution is -2.33. The van der Waals surface area contributed by atoms with E-state index in [4.69, 9.17) is 17.3 Å². The minimum absolute atomic E-state index is 0.108. The van der Waals surface area contributed by atoms with Crippen molar-refractivity contribution in [2.24, 2.45) is 0 Å². The standard InChI is InChI=1S/C14H17ClN2OS/c1-3-8(4-2)17-14(18)13-12(16)11-9(15)6-5-7-10(11)19-13/h5-8H,3-4,16H2,1-2H3,(H,17,18). The largest absolute Gasteiger partial charge is 0.397 e. The summed E-state index contributed by atoms with van der Waals surface area (Å²) in [4.78, 5) is 12.8. The molecule has 0 saturated carbocycles. The number of hydrogen-bond donors (Lipinski definition) is 2. The molecule has 0 fully saturated rings. The third-order valence-electron chi connectivity index (χ3n) is 3.23. The maximum Gasteiger partial charge on any atom is 0.263 e. The van der Waals surface area contributed by atoms with Crippen LogP contribution < -0.4 is 11.1 Å². The summed E-state index contributed by atoms with van der Waals surface area (Å²) < 4.78 is 0.944. The van der Waals surface area contributed by atoms with Gasteiger partial charge in [0.25, 0.3) is 5.91 Å². The van der Waals surface area contributed by atoms with Gasteiger partial charge in [0.15, 0.2) is 0 Å². The first kappa shape index (κ1) is 14.2. The zero-order chi connectivity index (χ0) is 14.0. The van der Waals surface area contributed by atoms with E-state index in [2.05, 4.69) is 19.2 Å². The van der Waals surface area contributed by atoms with Crippen molar-refractivity contribution in [3.05, 3.63) is 28.1 Å². The van der Waals surface area contributed by atoms with Gasteiger partial charge in [-0.3, -0.25) is 4.79 Å². The SMILES string of the molecule is CCC(CC)NC(=O)c1sc2cccc(Cl)c2c1N. The van der Waals surface area contributed by atoms with Crippen molar-refractivity contribution >= 4 is 44.6 Å². The van der Waals surface area contributed by atoms with Gasteiger partial charge in [0.2, 0.25) is 0 Å². The topological polar surface area (TPSA) is 55.1 Å². The normalized spacial score (nSPS) is 11.2. The first-order valence-corrected chi connectivity index (χ1v) is 7.55. The highest BCUT2D eigenvalue weighted by Crippen LogP contribution is 2.37. The highest BCUT2D eigenvalue weighted by atomic mass is 35.5. The zero-order valence-corrected chi connectivity index (χ0v) is 12.6. The van der Waals surface area contributed by atoms with Gasteiger partial charge >= 0.3 is 0 Å². The Morgan fingerprint density at radius 3 is 2.68 bits per heavy atom. The van der Waals surface area contributed by atoms with Crippen LogP contribution in [0, 0.1) is 0 Å². The highest BCUT2D eigenvalue weighted by molar-refractivity contribution is 7.21. The van der Waals surface area contributed by atoms with Crippen LogP contribution >= 0.6 is 22.9 Å². The van der Waals surface area contributed by atoms with Gasteiger partial charge in [-0.15, -0.1) is 11.3 Å². The minimum atomic E-state index is -0.108. The average molecular weight is 297 g/mol. The number of thiophene rings is 1. The molecule has 1 aromatic carbocycles. The average Bonchev–Trinajstić information content (AvgIpc) is 2.74. The number of hydrogen-bond acceptors (Lipinski definition) is 3. The molecule has 0 aliphatic heterocycles. The van der Waals surface area contributed by atoms with Crippen LogP contribution in [0.4, 0.5) is 5.69 Å². The molecular formula is C14H17ClN2OS. The van der Waals surface area contributed by atoms with E-state index in [9.17, 15) is 4.79 Å². The van der Waals surface area contributed by atoms with Crippen molar-refractivity contribution in [1.82, 2.24) is 5.32 Å². The van der Waals surface area contributed by atoms with Crippen molar-refractivity contribution in [3.8, 4) is 0 Å². The summed E-state index contributed by atoms with van der Waals surface area (Å²) in [7, 11) is 0. The highest BCUT2D eigenvalue weighted by Gasteiger charge is 2.19. The number of amides is 1. The molecule has 2 rings (SSSR count). The Kier molecular flexibility index (Phi) is 4.32. The predicted molar refractivity (Wildman–Crippen MR) is 83.1 cm³/mol. The van der Waals surface area contributed by atoms with Crippen LogP contribution in [0.5, 0.6) is 0 Å². The van der Waals surface area contributed by atoms with E-state index in [0.29, 0.717) is 15.6 Å². The second-order valence-electron chi connectivity index (χ2n) is 4.44. The molecule has 1 amide bonds. The van der Waals surface area contributed by atoms with Crippen molar-refractivity contribution in [1.29, 1.82) is 0 Å². The number of carbonyl (C=O) groups is 1. The Morgan fingerprint density at radius 1 is 1.42 bits per heavy atom. The van der Waals surface area contributed by atoms with E-state index in [-0.39, 0.29) is 11.9 Å². The summed E-state index contributed by atoms with van der Waals surface area (Å²) in [6.07, 6.45) is 1.82. The van der Waals surface area contributed by atoms with Crippen molar-refractivity contribution < 1.29 is 4.79 Å². The first-order chi connectivity index (χ1) is 9.08. The van der Waals surface area contributed by atoms with Crippen molar-refractivity contribution in [2.45, 2.75) is 32.7 Å². The fraction of sp³-hybridized carbons (Fsp3) is 0.357. The number of nitrogens with two attached hydrogens (primary N) is 1. The lowest BCUT2D eigenvalue weighted by Gasteiger charge is -2.14. The van der Waals surface area contributed by atoms with E-state index in [1.165, 1.54) is 11.3 Å². The summed E-state index contributed by atoms with van der Waals surface area (Å²) in [6, 6.07) is 5.77. The molecule has 0 saturated heterocycles. The van der Waals surface area contributed by atoms with Crippen LogP contribution in [0.2, 0.25) is 5.02 Å². The van der Waals surface area contributed by atoms with Gasteiger partial charge < -0.3 is 11.1 Å². The second-order valence-corrected chi connectivity index (χ2v) is 5.90. The number of fused-ring (bicyclic) bond motifs is 1. The molecule has 0 bridgehead atoms. The number of benzene rings is 1. The molecule has 0 radical (unpaired) electrons. The van der Waals surface area contributed by atoms with Crippen LogP contribution in [0.25, 0.3) is 10.1 Å². The van der Waals surface area contributed by atoms with Crippen LogP contribution in [-0.2, 0) is 0 Å². The second kappa shape index (κ2) is 5.80. The first-order valence-electron chi connectivity index (χ1n) is 6.35. The summed E-state index contributed by atoms with van der Waals surface area (Å²) in [5, 5.41) is 4.37. The fourth-order valence-corrected chi connectivity index (χ4v) is 3.43. The fourth-order valence-electron chi connectivity index (χ4n) is 2.04. The number of nitrogens with one attached hydrogen (secondary N) is 1. The number of nitrogen functional groups attached to an aromatic ring is 1. The van der Waals surface area contributed by atoms with E-state index < -0.39 is 0 Å². The van der Waals surface area contributed by atoms with Gasteiger partial charge in [-0.25, -0.2) is 0 Å². The summed E-state index contributed by atoms with van der Waals surface area (Å²) in [6.45, 7) is 4.11. The van der Waals surface area contributed by atoms with Crippen molar-refractivity contribution in [3.63, 3.8) is 0 Å². The van der Waals surface area contributed by atoms with Gasteiger partial charge in [0, 0.05) is 16.1 Å². The molecule has 1 aromatic heterocycles. The molecule has 102 valence electrons. The molecule has 0 aliphatic rings. The van der Waals surface area contributed by atoms with Gasteiger partial charge in [-0.05, 0) is 25.0 Å². The number of anilines is 1. The van der Waals surface area contributed by atoms with Crippen LogP contribution in [0.3, 0.4) is 0 Å². The van der Waals surface area contributed by atoms with E-state index >= 15 is 0 Å². The van der Waals surface area contributed by atoms with Gasteiger partial charge in [-0.1, -0.05) is 31.5 Å². The molecule has 2 aromatic rings. The van der Waals surface area contributed by atoms with E-state index in [0.717, 1.165) is 22.9 Å². The number of carbonyl (C=O) groups excluding carboxylic acids is 1. The van der Waals surface area contributed by atoms with Crippen molar-refractivity contribution in [2.75, 3.05) is 5.73 Å². The lowest BCUT2D eigenvalue weighted by atomic mass is 10.1. The summed E-state index contributed by atoms with van der Waals surface area (Å²) in [5.74, 6) is -0.108. The van der Waals surface area contributed by atoms with E-state index in [1.807, 2.05) is 12.1 Å². The Bertz CT molecular complexity index is 605. The Morgan fingerprint density at radius 2 is 2.11 bits per heavy atom. The maximum atomic E-state index is 12.3. The molecule has 1 heterocycles. The monoisotopic (exact) mass is 296 g/mol. The zero-order valence-electron chi connectivity index (χ0n) is 11.0. The summed E-state index contributed by atoms with van der Waals surface area (Å²) in [5.41, 5.74) is 6.55. The van der Waals surface area contributed by atoms with E-state index in [1.54, 1.807) is 6.07 Å². The molecule has 3 nitrogen and oxygen atoms in total. The van der Waals surface area contributed by atoms with Gasteiger partial charge in [-0.2, -0.15) is 0 Å². The van der Waals surface area contributed by atoms with Crippen LogP contribution in [0.1, 0.15) is 36.4 Å². The molecule has 0 aliphatic carbocycles. The third kappa shape index (κ3) is 2.69. The molecule has 5 heteroatoms. The lowest BCUT2D eigenvalue weighted by molar-refractivity contribution is 0.0940. The quantitative estimate of drug-likeness (QED) is 0.894. The molecule has 19 heavy (non-hydrogen) atoms. The Balaban J connectivity index is 2.38. The van der Waals surface area contributed by atoms with Gasteiger partial charge in [0.1, 0.15) is 4.88 Å². The van der Waals surface area contributed by atoms with Crippen LogP contribution in [-0.4, -0.2) is 11.9 Å². The number of rotatable bonds is 4. The Labute approximate surface area is 121 Å². The summed E-state index contributed by atoms with van der Waals surface area (Å²) >= 11 is 7.52. The smallest absolute Gasteiger partial charge is 0.263 e. The number of halogens is 1. The molecule has 3 N–H and O–H groups in total. The van der Waals surface area contributed by atoms with Gasteiger partial charge in [0.05, 0.1) is 10.7 Å².